The number of hydrogen-bond donors (Lipinski definition) is 4. The van der Waals surface area contributed by atoms with Crippen LogP contribution in [0.5, 0.6) is 0 Å². The molecule has 0 aromatic heterocycles. The van der Waals surface area contributed by atoms with E-state index in [1.54, 1.807) is 0 Å². The Hall–Kier alpha value is -1.98. The third-order valence-electron chi connectivity index (χ3n) is 0. The molecule has 0 aromatic carbocycles. The molecule has 0 unspecified atom stereocenters. The fourth-order valence-electron chi connectivity index (χ4n) is 0. The second-order valence-electron chi connectivity index (χ2n) is 0.565. The first-order valence-electron chi connectivity index (χ1n) is 2.30. The van der Waals surface area contributed by atoms with E-state index in [0.717, 1.165) is 0 Å². The molecule has 0 atom stereocenters. The van der Waals surface area contributed by atoms with Crippen molar-refractivity contribution in [2.24, 2.45) is 0 Å². The summed E-state index contributed by atoms with van der Waals surface area (Å²) < 4.78 is 0. The third kappa shape index (κ3) is 308. The maximum atomic E-state index is 8.56. The molecule has 0 bridgehead atoms. The van der Waals surface area contributed by atoms with Crippen molar-refractivity contribution >= 4 is 12.3 Å². The van der Waals surface area contributed by atoms with E-state index in [0.29, 0.717) is 0 Å². The van der Waals surface area contributed by atoms with Crippen molar-refractivity contribution in [2.45, 2.75) is 22.3 Å². The van der Waals surface area contributed by atoms with E-state index in [4.69, 9.17) is 30.0 Å². The Morgan fingerprint density at radius 3 is 0.600 bits per heavy atom. The van der Waals surface area contributed by atoms with Crippen LogP contribution in [-0.2, 0) is 0 Å². The SMILES string of the molecule is C.C.C.C=C.C=C.O=C(O)O.O=C(O)O. The highest BCUT2D eigenvalue weighted by Crippen LogP contribution is 1.43. The maximum absolute atomic E-state index is 8.56. The normalized spacial score (nSPS) is 3.73. The summed E-state index contributed by atoms with van der Waals surface area (Å²) in [5.41, 5.74) is 0. The van der Waals surface area contributed by atoms with Crippen LogP contribution in [0.2, 0.25) is 0 Å². The van der Waals surface area contributed by atoms with E-state index in [1.807, 2.05) is 0 Å². The molecule has 4 N–H and O–H groups in total. The molecule has 0 aliphatic rings. The molecule has 0 saturated carbocycles. The molecule has 0 spiro atoms. The maximum Gasteiger partial charge on any atom is 0.503 e. The lowest BCUT2D eigenvalue weighted by Crippen LogP contribution is -1.81. The first-order chi connectivity index (χ1) is 5.46. The molecule has 0 fully saturated rings. The van der Waals surface area contributed by atoms with Crippen LogP contribution < -0.4 is 0 Å². The van der Waals surface area contributed by atoms with Gasteiger partial charge in [-0.25, -0.2) is 9.59 Å². The van der Waals surface area contributed by atoms with Crippen molar-refractivity contribution < 1.29 is 30.0 Å². The van der Waals surface area contributed by atoms with Crippen molar-refractivity contribution in [2.75, 3.05) is 0 Å². The quantitative estimate of drug-likeness (QED) is 0.466. The van der Waals surface area contributed by atoms with E-state index in [-0.39, 0.29) is 22.3 Å². The Morgan fingerprint density at radius 2 is 0.600 bits per heavy atom. The predicted octanol–water partition coefficient (Wildman–Crippen LogP) is 3.96. The predicted molar refractivity (Wildman–Crippen MR) is 64.0 cm³/mol. The van der Waals surface area contributed by atoms with Crippen molar-refractivity contribution in [1.82, 2.24) is 0 Å². The summed E-state index contributed by atoms with van der Waals surface area (Å²) >= 11 is 0. The van der Waals surface area contributed by atoms with E-state index in [1.165, 1.54) is 0 Å². The van der Waals surface area contributed by atoms with Crippen LogP contribution in [0.15, 0.2) is 26.3 Å². The third-order valence-corrected chi connectivity index (χ3v) is 0. The van der Waals surface area contributed by atoms with Gasteiger partial charge >= 0.3 is 12.3 Å². The van der Waals surface area contributed by atoms with Crippen LogP contribution in [-0.4, -0.2) is 32.7 Å². The molecule has 0 aliphatic heterocycles. The molecule has 0 rings (SSSR count). The Balaban J connectivity index is -0.0000000112. The molecule has 0 saturated heterocycles. The average molecular weight is 228 g/mol. The molecular formula is C9H24O6. The number of carboxylic acid groups (broad SMARTS) is 4. The molecule has 0 heterocycles. The van der Waals surface area contributed by atoms with Crippen molar-refractivity contribution in [3.63, 3.8) is 0 Å². The van der Waals surface area contributed by atoms with Crippen LogP contribution >= 0.6 is 0 Å². The van der Waals surface area contributed by atoms with Crippen LogP contribution in [0.3, 0.4) is 0 Å². The zero-order valence-electron chi connectivity index (χ0n) is 6.43. The molecular weight excluding hydrogens is 204 g/mol. The topological polar surface area (TPSA) is 115 Å². The minimum Gasteiger partial charge on any atom is -0.450 e. The van der Waals surface area contributed by atoms with Crippen LogP contribution in [0.25, 0.3) is 0 Å². The van der Waals surface area contributed by atoms with Gasteiger partial charge < -0.3 is 20.4 Å². The Morgan fingerprint density at radius 1 is 0.600 bits per heavy atom. The molecule has 96 valence electrons. The number of hydrogen-bond acceptors (Lipinski definition) is 2. The summed E-state index contributed by atoms with van der Waals surface area (Å²) in [6.45, 7) is 12.0. The smallest absolute Gasteiger partial charge is 0.450 e. The van der Waals surface area contributed by atoms with E-state index in [9.17, 15) is 0 Å². The Bertz CT molecular complexity index is 91.2. The summed E-state index contributed by atoms with van der Waals surface area (Å²) in [6, 6.07) is 0. The summed E-state index contributed by atoms with van der Waals surface area (Å²) in [5, 5.41) is 27.9. The fourth-order valence-corrected chi connectivity index (χ4v) is 0. The Kier molecular flexibility index (Phi) is 313. The van der Waals surface area contributed by atoms with Gasteiger partial charge in [0.15, 0.2) is 0 Å². The van der Waals surface area contributed by atoms with E-state index >= 15 is 0 Å². The standard InChI is InChI=1S/2C2H4.2CH2O3.3CH4/c2*1-2;2*2-1(3)4;;;/h2*1-2H2;2*(H2,2,3,4);3*1H4. The minimum absolute atomic E-state index is 0. The van der Waals surface area contributed by atoms with E-state index < -0.39 is 12.3 Å². The van der Waals surface area contributed by atoms with Gasteiger partial charge in [-0.3, -0.25) is 0 Å². The van der Waals surface area contributed by atoms with Gasteiger partial charge in [0, 0.05) is 0 Å². The van der Waals surface area contributed by atoms with Gasteiger partial charge in [0.05, 0.1) is 0 Å². The second-order valence-corrected chi connectivity index (χ2v) is 0.565. The molecule has 0 radical (unpaired) electrons. The first kappa shape index (κ1) is 51.9. The lowest BCUT2D eigenvalue weighted by atomic mass is 11.3. The molecule has 0 amide bonds. The van der Waals surface area contributed by atoms with Crippen LogP contribution in [0, 0.1) is 0 Å². The zero-order valence-corrected chi connectivity index (χ0v) is 6.43. The van der Waals surface area contributed by atoms with Crippen LogP contribution in [0.1, 0.15) is 22.3 Å². The zero-order chi connectivity index (χ0) is 11.2. The van der Waals surface area contributed by atoms with Gasteiger partial charge in [-0.2, -0.15) is 0 Å². The second kappa shape index (κ2) is 90.3. The highest BCUT2D eigenvalue weighted by Gasteiger charge is 1.70. The lowest BCUT2D eigenvalue weighted by molar-refractivity contribution is 0.135. The summed E-state index contributed by atoms with van der Waals surface area (Å²) in [6.07, 6.45) is -3.67. The monoisotopic (exact) mass is 228 g/mol. The molecule has 6 heteroatoms. The van der Waals surface area contributed by atoms with Gasteiger partial charge in [0.25, 0.3) is 0 Å². The van der Waals surface area contributed by atoms with Gasteiger partial charge in [-0.15, -0.1) is 26.3 Å². The molecule has 0 aromatic rings. The summed E-state index contributed by atoms with van der Waals surface area (Å²) in [5.74, 6) is 0. The van der Waals surface area contributed by atoms with Gasteiger partial charge in [-0.05, 0) is 0 Å². The summed E-state index contributed by atoms with van der Waals surface area (Å²) in [7, 11) is 0. The highest BCUT2D eigenvalue weighted by molar-refractivity contribution is 5.53. The largest absolute Gasteiger partial charge is 0.503 e. The lowest BCUT2D eigenvalue weighted by Gasteiger charge is -1.60. The fraction of sp³-hybridized carbons (Fsp3) is 0.333. The van der Waals surface area contributed by atoms with Gasteiger partial charge in [0.2, 0.25) is 0 Å². The first-order valence-corrected chi connectivity index (χ1v) is 2.30. The molecule has 0 aliphatic carbocycles. The van der Waals surface area contributed by atoms with Crippen LogP contribution in [0.4, 0.5) is 9.59 Å². The highest BCUT2D eigenvalue weighted by atomic mass is 16.6. The minimum atomic E-state index is -1.83. The molecule has 15 heavy (non-hydrogen) atoms. The molecule has 6 nitrogen and oxygen atoms in total. The van der Waals surface area contributed by atoms with Crippen molar-refractivity contribution in [1.29, 1.82) is 0 Å². The Labute approximate surface area is 91.8 Å². The average Bonchev–Trinajstić information content (AvgIpc) is 1.93. The number of rotatable bonds is 0. The van der Waals surface area contributed by atoms with Crippen molar-refractivity contribution in [3.8, 4) is 0 Å². The van der Waals surface area contributed by atoms with Gasteiger partial charge in [0.1, 0.15) is 0 Å². The summed E-state index contributed by atoms with van der Waals surface area (Å²) in [4.78, 5) is 17.1. The van der Waals surface area contributed by atoms with Crippen molar-refractivity contribution in [3.05, 3.63) is 26.3 Å². The number of carbonyl (C=O) groups is 2. The van der Waals surface area contributed by atoms with Gasteiger partial charge in [-0.1, -0.05) is 22.3 Å². The van der Waals surface area contributed by atoms with E-state index in [2.05, 4.69) is 26.3 Å².